The van der Waals surface area contributed by atoms with E-state index in [9.17, 15) is 10.1 Å². The van der Waals surface area contributed by atoms with Crippen molar-refractivity contribution < 1.29 is 4.92 Å². The summed E-state index contributed by atoms with van der Waals surface area (Å²) in [6, 6.07) is 4.89. The summed E-state index contributed by atoms with van der Waals surface area (Å²) in [5.41, 5.74) is 0.691. The molecule has 2 heterocycles. The second kappa shape index (κ2) is 4.98. The maximum atomic E-state index is 11.2. The number of nitrogens with zero attached hydrogens (tertiary/aromatic N) is 2. The minimum absolute atomic E-state index is 0.108. The quantitative estimate of drug-likeness (QED) is 0.667. The topological polar surface area (TPSA) is 58.4 Å². The van der Waals surface area contributed by atoms with Crippen LogP contribution in [-0.2, 0) is 0 Å². The van der Waals surface area contributed by atoms with Gasteiger partial charge in [0.2, 0.25) is 0 Å². The molecule has 6 heteroatoms. The second-order valence-corrected chi connectivity index (χ2v) is 5.68. The van der Waals surface area contributed by atoms with Gasteiger partial charge in [-0.2, -0.15) is 0 Å². The van der Waals surface area contributed by atoms with Crippen molar-refractivity contribution in [3.05, 3.63) is 33.3 Å². The Morgan fingerprint density at radius 2 is 2.16 bits per heavy atom. The molecule has 0 radical (unpaired) electrons. The normalized spacial score (nSPS) is 26.3. The van der Waals surface area contributed by atoms with Crippen LogP contribution in [0.15, 0.2) is 18.2 Å². The van der Waals surface area contributed by atoms with E-state index in [2.05, 4.69) is 10.2 Å². The highest BCUT2D eigenvalue weighted by molar-refractivity contribution is 6.33. The van der Waals surface area contributed by atoms with Crippen LogP contribution in [0.25, 0.3) is 0 Å². The maximum Gasteiger partial charge on any atom is 0.294 e. The van der Waals surface area contributed by atoms with Crippen molar-refractivity contribution in [3.63, 3.8) is 0 Å². The molecule has 3 rings (SSSR count). The Morgan fingerprint density at radius 1 is 1.37 bits per heavy atom. The van der Waals surface area contributed by atoms with Crippen LogP contribution in [0.2, 0.25) is 5.02 Å². The molecule has 0 spiro atoms. The number of piperidine rings is 1. The first-order valence-corrected chi connectivity index (χ1v) is 6.93. The van der Waals surface area contributed by atoms with E-state index in [-0.39, 0.29) is 10.6 Å². The number of rotatable bonds is 2. The van der Waals surface area contributed by atoms with E-state index in [1.807, 2.05) is 0 Å². The average molecular weight is 282 g/mol. The minimum Gasteiger partial charge on any atom is -0.364 e. The number of para-hydroxylation sites is 1. The fourth-order valence-corrected chi connectivity index (χ4v) is 3.49. The minimum atomic E-state index is -0.347. The fourth-order valence-electron chi connectivity index (χ4n) is 3.20. The Morgan fingerprint density at radius 3 is 2.95 bits per heavy atom. The Kier molecular flexibility index (Phi) is 3.33. The number of benzene rings is 1. The second-order valence-electron chi connectivity index (χ2n) is 5.28. The molecule has 1 aromatic rings. The van der Waals surface area contributed by atoms with Crippen molar-refractivity contribution >= 4 is 23.0 Å². The van der Waals surface area contributed by atoms with Gasteiger partial charge in [-0.25, -0.2) is 0 Å². The Balaban J connectivity index is 1.91. The molecule has 2 fully saturated rings. The number of nitrogens with one attached hydrogen (secondary N) is 1. The predicted molar refractivity (Wildman–Crippen MR) is 74.8 cm³/mol. The van der Waals surface area contributed by atoms with Crippen molar-refractivity contribution in [1.29, 1.82) is 0 Å². The number of halogens is 1. The van der Waals surface area contributed by atoms with Crippen LogP contribution in [0.4, 0.5) is 11.4 Å². The van der Waals surface area contributed by atoms with Gasteiger partial charge in [-0.15, -0.1) is 0 Å². The predicted octanol–water partition coefficient (Wildman–Crippen LogP) is 2.29. The number of nitro benzene ring substituents is 1. The van der Waals surface area contributed by atoms with Crippen molar-refractivity contribution in [2.45, 2.75) is 6.42 Å². The van der Waals surface area contributed by atoms with Gasteiger partial charge in [0.1, 0.15) is 5.69 Å². The third-order valence-electron chi connectivity index (χ3n) is 4.18. The summed E-state index contributed by atoms with van der Waals surface area (Å²) >= 11 is 6.19. The van der Waals surface area contributed by atoms with E-state index in [4.69, 9.17) is 11.6 Å². The van der Waals surface area contributed by atoms with Gasteiger partial charge >= 0.3 is 0 Å². The summed E-state index contributed by atoms with van der Waals surface area (Å²) in [7, 11) is 0. The lowest BCUT2D eigenvalue weighted by Gasteiger charge is -2.36. The van der Waals surface area contributed by atoms with Crippen LogP contribution in [0.1, 0.15) is 6.42 Å². The lowest BCUT2D eigenvalue weighted by atomic mass is 9.88. The van der Waals surface area contributed by atoms with Crippen LogP contribution >= 0.6 is 11.6 Å². The Hall–Kier alpha value is -1.33. The molecule has 19 heavy (non-hydrogen) atoms. The van der Waals surface area contributed by atoms with Gasteiger partial charge in [0.25, 0.3) is 5.69 Å². The van der Waals surface area contributed by atoms with Gasteiger partial charge in [0.05, 0.1) is 9.95 Å². The average Bonchev–Trinajstić information content (AvgIpc) is 2.85. The van der Waals surface area contributed by atoms with E-state index in [1.54, 1.807) is 12.1 Å². The fraction of sp³-hybridized carbons (Fsp3) is 0.538. The lowest BCUT2D eigenvalue weighted by molar-refractivity contribution is -0.384. The zero-order valence-corrected chi connectivity index (χ0v) is 11.3. The Labute approximate surface area is 116 Å². The molecule has 2 unspecified atom stereocenters. The van der Waals surface area contributed by atoms with Crippen LogP contribution in [-0.4, -0.2) is 31.1 Å². The monoisotopic (exact) mass is 281 g/mol. The summed E-state index contributed by atoms with van der Waals surface area (Å²) < 4.78 is 0. The third-order valence-corrected chi connectivity index (χ3v) is 4.49. The van der Waals surface area contributed by atoms with Gasteiger partial charge in [-0.3, -0.25) is 10.1 Å². The van der Waals surface area contributed by atoms with Gasteiger partial charge in [-0.1, -0.05) is 17.7 Å². The van der Waals surface area contributed by atoms with E-state index in [1.165, 1.54) is 6.07 Å². The number of nitro groups is 1. The summed E-state index contributed by atoms with van der Waals surface area (Å²) in [5, 5.41) is 15.0. The molecule has 2 atom stereocenters. The largest absolute Gasteiger partial charge is 0.364 e. The third kappa shape index (κ3) is 2.28. The SMILES string of the molecule is O=[N+]([O-])c1cccc(Cl)c1N1CCC2CNCC2C1. The molecule has 2 aliphatic heterocycles. The first kappa shape index (κ1) is 12.7. The van der Waals surface area contributed by atoms with Crippen LogP contribution in [0.3, 0.4) is 0 Å². The van der Waals surface area contributed by atoms with Crippen molar-refractivity contribution in [2.75, 3.05) is 31.1 Å². The first-order valence-electron chi connectivity index (χ1n) is 6.55. The highest BCUT2D eigenvalue weighted by Gasteiger charge is 2.35. The van der Waals surface area contributed by atoms with Crippen molar-refractivity contribution in [1.82, 2.24) is 5.32 Å². The maximum absolute atomic E-state index is 11.2. The molecular formula is C13H16ClN3O2. The van der Waals surface area contributed by atoms with E-state index in [0.29, 0.717) is 22.5 Å². The van der Waals surface area contributed by atoms with Gasteiger partial charge < -0.3 is 10.2 Å². The van der Waals surface area contributed by atoms with Gasteiger partial charge in [-0.05, 0) is 37.4 Å². The molecule has 1 aromatic carbocycles. The number of fused-ring (bicyclic) bond motifs is 1. The van der Waals surface area contributed by atoms with Crippen molar-refractivity contribution in [3.8, 4) is 0 Å². The molecule has 0 bridgehead atoms. The number of hydrogen-bond donors (Lipinski definition) is 1. The zero-order chi connectivity index (χ0) is 13.4. The smallest absolute Gasteiger partial charge is 0.294 e. The number of anilines is 1. The highest BCUT2D eigenvalue weighted by atomic mass is 35.5. The molecular weight excluding hydrogens is 266 g/mol. The van der Waals surface area contributed by atoms with E-state index >= 15 is 0 Å². The van der Waals surface area contributed by atoms with Crippen molar-refractivity contribution in [2.24, 2.45) is 11.8 Å². The van der Waals surface area contributed by atoms with Crippen LogP contribution in [0.5, 0.6) is 0 Å². The summed E-state index contributed by atoms with van der Waals surface area (Å²) in [4.78, 5) is 12.9. The van der Waals surface area contributed by atoms with Gasteiger partial charge in [0, 0.05) is 19.2 Å². The van der Waals surface area contributed by atoms with E-state index in [0.717, 1.165) is 32.6 Å². The zero-order valence-electron chi connectivity index (χ0n) is 10.5. The molecule has 102 valence electrons. The molecule has 2 aliphatic rings. The van der Waals surface area contributed by atoms with E-state index < -0.39 is 0 Å². The Bertz CT molecular complexity index is 509. The molecule has 5 nitrogen and oxygen atoms in total. The molecule has 0 aliphatic carbocycles. The molecule has 0 amide bonds. The van der Waals surface area contributed by atoms with Gasteiger partial charge in [0.15, 0.2) is 0 Å². The lowest BCUT2D eigenvalue weighted by Crippen LogP contribution is -2.40. The van der Waals surface area contributed by atoms with Crippen LogP contribution < -0.4 is 10.2 Å². The molecule has 0 aromatic heterocycles. The molecule has 2 saturated heterocycles. The highest BCUT2D eigenvalue weighted by Crippen LogP contribution is 2.39. The molecule has 0 saturated carbocycles. The first-order chi connectivity index (χ1) is 9.16. The summed E-state index contributed by atoms with van der Waals surface area (Å²) in [6.45, 7) is 3.76. The standard InChI is InChI=1S/C13H16ClN3O2/c14-11-2-1-3-12(17(18)19)13(11)16-5-4-9-6-15-7-10(9)8-16/h1-3,9-10,15H,4-8H2. The summed E-state index contributed by atoms with van der Waals surface area (Å²) in [6.07, 6.45) is 1.07. The number of hydrogen-bond acceptors (Lipinski definition) is 4. The molecule has 1 N–H and O–H groups in total. The van der Waals surface area contributed by atoms with Crippen LogP contribution in [0, 0.1) is 22.0 Å². The summed E-state index contributed by atoms with van der Waals surface area (Å²) in [5.74, 6) is 1.28.